The molecule has 6 heteroatoms. The van der Waals surface area contributed by atoms with E-state index in [-0.39, 0.29) is 12.5 Å². The molecule has 0 atom stereocenters. The maximum Gasteiger partial charge on any atom is 0.243 e. The van der Waals surface area contributed by atoms with E-state index >= 15 is 0 Å². The molecular weight excluding hydrogens is 316 g/mol. The maximum absolute atomic E-state index is 12.1. The summed E-state index contributed by atoms with van der Waals surface area (Å²) in [5.41, 5.74) is 2.33. The van der Waals surface area contributed by atoms with Crippen LogP contribution < -0.4 is 20.1 Å². The molecule has 23 heavy (non-hydrogen) atoms. The topological polar surface area (TPSA) is 59.6 Å². The second-order valence-corrected chi connectivity index (χ2v) is 5.36. The van der Waals surface area contributed by atoms with E-state index in [9.17, 15) is 4.79 Å². The predicted molar refractivity (Wildman–Crippen MR) is 92.9 cm³/mol. The van der Waals surface area contributed by atoms with Crippen molar-refractivity contribution in [2.24, 2.45) is 0 Å². The van der Waals surface area contributed by atoms with Crippen LogP contribution in [0.25, 0.3) is 0 Å². The summed E-state index contributed by atoms with van der Waals surface area (Å²) in [6.45, 7) is 1.99. The molecule has 0 bridgehead atoms. The largest absolute Gasteiger partial charge is 0.497 e. The Bertz CT molecular complexity index is 704. The van der Waals surface area contributed by atoms with Gasteiger partial charge in [0.1, 0.15) is 11.5 Å². The molecule has 0 spiro atoms. The Labute approximate surface area is 140 Å². The van der Waals surface area contributed by atoms with Crippen molar-refractivity contribution in [2.45, 2.75) is 6.92 Å². The van der Waals surface area contributed by atoms with Gasteiger partial charge in [0.15, 0.2) is 0 Å². The number of hydrogen-bond acceptors (Lipinski definition) is 4. The highest BCUT2D eigenvalue weighted by Crippen LogP contribution is 2.28. The quantitative estimate of drug-likeness (QED) is 0.845. The van der Waals surface area contributed by atoms with Crippen molar-refractivity contribution in [3.8, 4) is 11.5 Å². The van der Waals surface area contributed by atoms with Crippen LogP contribution >= 0.6 is 11.6 Å². The number of benzene rings is 2. The normalized spacial score (nSPS) is 10.1. The minimum atomic E-state index is -0.166. The van der Waals surface area contributed by atoms with Crippen LogP contribution in [-0.4, -0.2) is 26.7 Å². The van der Waals surface area contributed by atoms with Gasteiger partial charge in [-0.15, -0.1) is 0 Å². The number of methoxy groups -OCH3 is 2. The van der Waals surface area contributed by atoms with Crippen LogP contribution in [0.5, 0.6) is 11.5 Å². The fourth-order valence-electron chi connectivity index (χ4n) is 2.09. The number of ether oxygens (including phenoxy) is 2. The monoisotopic (exact) mass is 334 g/mol. The van der Waals surface area contributed by atoms with Gasteiger partial charge in [-0.05, 0) is 42.8 Å². The van der Waals surface area contributed by atoms with Crippen molar-refractivity contribution >= 4 is 28.9 Å². The van der Waals surface area contributed by atoms with E-state index in [4.69, 9.17) is 21.1 Å². The van der Waals surface area contributed by atoms with Gasteiger partial charge < -0.3 is 20.1 Å². The molecule has 0 heterocycles. The molecule has 0 aromatic heterocycles. The fraction of sp³-hybridized carbons (Fsp3) is 0.235. The number of aryl methyl sites for hydroxylation is 1. The molecule has 0 saturated carbocycles. The molecule has 2 aromatic rings. The van der Waals surface area contributed by atoms with E-state index in [0.717, 1.165) is 11.3 Å². The first-order valence-electron chi connectivity index (χ1n) is 7.05. The third-order valence-electron chi connectivity index (χ3n) is 3.31. The molecule has 2 rings (SSSR count). The van der Waals surface area contributed by atoms with Crippen LogP contribution in [0.2, 0.25) is 5.02 Å². The number of amides is 1. The number of nitrogens with one attached hydrogen (secondary N) is 2. The summed E-state index contributed by atoms with van der Waals surface area (Å²) in [4.78, 5) is 12.1. The van der Waals surface area contributed by atoms with E-state index < -0.39 is 0 Å². The third kappa shape index (κ3) is 4.53. The zero-order chi connectivity index (χ0) is 16.8. The van der Waals surface area contributed by atoms with Crippen LogP contribution in [0.1, 0.15) is 5.56 Å². The van der Waals surface area contributed by atoms with E-state index in [0.29, 0.717) is 22.2 Å². The second kappa shape index (κ2) is 7.74. The number of carbonyl (C=O) groups excluding carboxylic acids is 1. The highest BCUT2D eigenvalue weighted by atomic mass is 35.5. The number of rotatable bonds is 6. The van der Waals surface area contributed by atoms with Crippen LogP contribution in [0, 0.1) is 6.92 Å². The van der Waals surface area contributed by atoms with Crippen LogP contribution in [0.4, 0.5) is 11.4 Å². The summed E-state index contributed by atoms with van der Waals surface area (Å²) in [6, 6.07) is 10.7. The van der Waals surface area contributed by atoms with Crippen molar-refractivity contribution in [3.05, 3.63) is 47.0 Å². The Kier molecular flexibility index (Phi) is 5.71. The number of anilines is 2. The van der Waals surface area contributed by atoms with Crippen molar-refractivity contribution in [1.29, 1.82) is 0 Å². The van der Waals surface area contributed by atoms with Crippen LogP contribution in [0.15, 0.2) is 36.4 Å². The Morgan fingerprint density at radius 1 is 1.09 bits per heavy atom. The number of halogens is 1. The van der Waals surface area contributed by atoms with Gasteiger partial charge in [0.25, 0.3) is 0 Å². The first kappa shape index (κ1) is 17.0. The lowest BCUT2D eigenvalue weighted by molar-refractivity contribution is -0.114. The van der Waals surface area contributed by atoms with Gasteiger partial charge in [0.2, 0.25) is 5.91 Å². The summed E-state index contributed by atoms with van der Waals surface area (Å²) in [5.74, 6) is 1.16. The molecule has 0 unspecified atom stereocenters. The maximum atomic E-state index is 12.1. The Hall–Kier alpha value is -2.40. The Balaban J connectivity index is 2.01. The second-order valence-electron chi connectivity index (χ2n) is 4.93. The molecule has 0 fully saturated rings. The zero-order valence-electron chi connectivity index (χ0n) is 13.3. The summed E-state index contributed by atoms with van der Waals surface area (Å²) in [6.07, 6.45) is 0. The molecule has 0 aliphatic rings. The lowest BCUT2D eigenvalue weighted by Gasteiger charge is -2.13. The molecule has 0 radical (unpaired) electrons. The summed E-state index contributed by atoms with van der Waals surface area (Å²) in [7, 11) is 3.16. The molecule has 2 aromatic carbocycles. The molecule has 2 N–H and O–H groups in total. The Morgan fingerprint density at radius 2 is 1.87 bits per heavy atom. The van der Waals surface area contributed by atoms with Crippen molar-refractivity contribution in [2.75, 3.05) is 31.4 Å². The first-order chi connectivity index (χ1) is 11.0. The minimum Gasteiger partial charge on any atom is -0.497 e. The molecular formula is C17H19ClN2O3. The van der Waals surface area contributed by atoms with E-state index in [1.165, 1.54) is 0 Å². The molecule has 0 aliphatic heterocycles. The minimum absolute atomic E-state index is 0.103. The van der Waals surface area contributed by atoms with Gasteiger partial charge in [0.05, 0.1) is 26.5 Å². The third-order valence-corrected chi connectivity index (χ3v) is 3.54. The standard InChI is InChI=1S/C17H19ClN2O3/c1-11-8-12(18)4-6-14(11)20-17(21)10-19-15-9-13(22-2)5-7-16(15)23-3/h4-9,19H,10H2,1-3H3,(H,20,21). The van der Waals surface area contributed by atoms with Gasteiger partial charge in [-0.2, -0.15) is 0 Å². The highest BCUT2D eigenvalue weighted by Gasteiger charge is 2.08. The molecule has 5 nitrogen and oxygen atoms in total. The van der Waals surface area contributed by atoms with E-state index in [2.05, 4.69) is 10.6 Å². The van der Waals surface area contributed by atoms with E-state index in [1.807, 2.05) is 6.92 Å². The van der Waals surface area contributed by atoms with Crippen LogP contribution in [-0.2, 0) is 4.79 Å². The van der Waals surface area contributed by atoms with Crippen molar-refractivity contribution in [3.63, 3.8) is 0 Å². The lowest BCUT2D eigenvalue weighted by atomic mass is 10.2. The van der Waals surface area contributed by atoms with Crippen molar-refractivity contribution in [1.82, 2.24) is 0 Å². The van der Waals surface area contributed by atoms with Gasteiger partial charge in [-0.25, -0.2) is 0 Å². The molecule has 0 aliphatic carbocycles. The Morgan fingerprint density at radius 3 is 2.52 bits per heavy atom. The first-order valence-corrected chi connectivity index (χ1v) is 7.43. The fourth-order valence-corrected chi connectivity index (χ4v) is 2.32. The predicted octanol–water partition coefficient (Wildman–Crippen LogP) is 3.72. The highest BCUT2D eigenvalue weighted by molar-refractivity contribution is 6.30. The van der Waals surface area contributed by atoms with Gasteiger partial charge in [-0.1, -0.05) is 11.6 Å². The molecule has 0 saturated heterocycles. The van der Waals surface area contributed by atoms with Gasteiger partial charge in [-0.3, -0.25) is 4.79 Å². The van der Waals surface area contributed by atoms with Gasteiger partial charge in [0, 0.05) is 16.8 Å². The summed E-state index contributed by atoms with van der Waals surface area (Å²) >= 11 is 5.91. The summed E-state index contributed by atoms with van der Waals surface area (Å²) < 4.78 is 10.4. The average molecular weight is 335 g/mol. The summed E-state index contributed by atoms with van der Waals surface area (Å²) in [5, 5.41) is 6.53. The lowest BCUT2D eigenvalue weighted by Crippen LogP contribution is -2.22. The number of hydrogen-bond donors (Lipinski definition) is 2. The van der Waals surface area contributed by atoms with Gasteiger partial charge >= 0.3 is 0 Å². The smallest absolute Gasteiger partial charge is 0.243 e. The van der Waals surface area contributed by atoms with E-state index in [1.54, 1.807) is 50.6 Å². The SMILES string of the molecule is COc1ccc(OC)c(NCC(=O)Nc2ccc(Cl)cc2C)c1. The number of carbonyl (C=O) groups is 1. The van der Waals surface area contributed by atoms with Crippen LogP contribution in [0.3, 0.4) is 0 Å². The average Bonchev–Trinajstić information content (AvgIpc) is 2.55. The molecule has 1 amide bonds. The van der Waals surface area contributed by atoms with Crippen molar-refractivity contribution < 1.29 is 14.3 Å². The zero-order valence-corrected chi connectivity index (χ0v) is 14.0. The molecule has 122 valence electrons.